The Balaban J connectivity index is 1.71. The van der Waals surface area contributed by atoms with Crippen molar-refractivity contribution < 1.29 is 18.4 Å². The van der Waals surface area contributed by atoms with Crippen molar-refractivity contribution in [2.75, 3.05) is 25.0 Å². The van der Waals surface area contributed by atoms with Crippen LogP contribution in [0.2, 0.25) is 0 Å². The largest absolute Gasteiger partial charge is 0.334 e. The first kappa shape index (κ1) is 25.1. The standard InChI is InChI=1S/C23H30BrF2N3O2S/c1-3-4-5-15-11-27-9-7-16(15)18(14(2)24)12-28-22(31)29-21-19(13-30)17-6-8-23(25,26)10-20(17)32-21/h13,27H,3-12H2,1-2H3,(H2,28,29,31)/b18-14+. The van der Waals surface area contributed by atoms with Crippen LogP contribution in [0.4, 0.5) is 18.6 Å². The predicted molar refractivity (Wildman–Crippen MR) is 129 cm³/mol. The molecule has 32 heavy (non-hydrogen) atoms. The number of nitrogens with one attached hydrogen (secondary N) is 3. The molecule has 1 aromatic rings. The molecule has 3 rings (SSSR count). The van der Waals surface area contributed by atoms with Crippen molar-refractivity contribution in [1.29, 1.82) is 0 Å². The van der Waals surface area contributed by atoms with Gasteiger partial charge in [-0.05, 0) is 60.3 Å². The van der Waals surface area contributed by atoms with Crippen LogP contribution in [0.1, 0.15) is 66.8 Å². The van der Waals surface area contributed by atoms with Crippen LogP contribution in [0.25, 0.3) is 0 Å². The van der Waals surface area contributed by atoms with Gasteiger partial charge in [0.2, 0.25) is 0 Å². The molecule has 0 aromatic carbocycles. The molecule has 0 unspecified atom stereocenters. The SMILES string of the molecule is CCCCC1=C(/C(CNC(=O)Nc2sc3c(c2C=O)CCC(F)(F)C3)=C(\C)Br)CCNC1. The molecule has 5 nitrogen and oxygen atoms in total. The van der Waals surface area contributed by atoms with E-state index < -0.39 is 12.0 Å². The maximum atomic E-state index is 13.8. The second-order valence-electron chi connectivity index (χ2n) is 8.33. The van der Waals surface area contributed by atoms with E-state index in [-0.39, 0.29) is 19.3 Å². The number of anilines is 1. The first-order valence-electron chi connectivity index (χ1n) is 11.0. The van der Waals surface area contributed by atoms with E-state index in [4.69, 9.17) is 0 Å². The number of fused-ring (bicyclic) bond motifs is 1. The third-order valence-electron chi connectivity index (χ3n) is 5.99. The number of amides is 2. The zero-order valence-corrected chi connectivity index (χ0v) is 20.9. The number of urea groups is 1. The summed E-state index contributed by atoms with van der Waals surface area (Å²) in [6.45, 7) is 6.24. The minimum atomic E-state index is -2.76. The molecule has 0 radical (unpaired) electrons. The van der Waals surface area contributed by atoms with Gasteiger partial charge in [0, 0.05) is 30.8 Å². The molecule has 2 amide bonds. The lowest BCUT2D eigenvalue weighted by Gasteiger charge is -2.25. The van der Waals surface area contributed by atoms with E-state index in [2.05, 4.69) is 38.8 Å². The lowest BCUT2D eigenvalue weighted by Crippen LogP contribution is -2.33. The van der Waals surface area contributed by atoms with Crippen LogP contribution >= 0.6 is 27.3 Å². The first-order chi connectivity index (χ1) is 15.3. The molecular formula is C23H30BrF2N3O2S. The van der Waals surface area contributed by atoms with Crippen molar-refractivity contribution in [2.24, 2.45) is 0 Å². The number of rotatable bonds is 8. The minimum absolute atomic E-state index is 0.147. The molecule has 1 aromatic heterocycles. The van der Waals surface area contributed by atoms with Crippen LogP contribution < -0.4 is 16.0 Å². The van der Waals surface area contributed by atoms with Crippen molar-refractivity contribution in [3.63, 3.8) is 0 Å². The zero-order valence-electron chi connectivity index (χ0n) is 18.5. The molecule has 2 aliphatic rings. The molecule has 1 aliphatic carbocycles. The molecule has 0 spiro atoms. The smallest absolute Gasteiger partial charge is 0.320 e. The second kappa shape index (κ2) is 11.0. The highest BCUT2D eigenvalue weighted by atomic mass is 79.9. The van der Waals surface area contributed by atoms with Gasteiger partial charge in [-0.1, -0.05) is 34.8 Å². The van der Waals surface area contributed by atoms with E-state index >= 15 is 0 Å². The van der Waals surface area contributed by atoms with E-state index in [1.54, 1.807) is 0 Å². The molecule has 0 fully saturated rings. The summed E-state index contributed by atoms with van der Waals surface area (Å²) in [5.41, 5.74) is 4.70. The van der Waals surface area contributed by atoms with Gasteiger partial charge < -0.3 is 10.6 Å². The van der Waals surface area contributed by atoms with E-state index in [0.29, 0.717) is 33.8 Å². The Labute approximate surface area is 200 Å². The number of hydrogen-bond donors (Lipinski definition) is 3. The fraction of sp³-hybridized carbons (Fsp3) is 0.565. The zero-order chi connectivity index (χ0) is 23.3. The van der Waals surface area contributed by atoms with Crippen molar-refractivity contribution in [1.82, 2.24) is 10.6 Å². The number of alkyl halides is 2. The highest BCUT2D eigenvalue weighted by Crippen LogP contribution is 2.42. The number of aldehydes is 1. The number of thiophene rings is 1. The van der Waals surface area contributed by atoms with E-state index in [1.165, 1.54) is 11.1 Å². The monoisotopic (exact) mass is 529 g/mol. The van der Waals surface area contributed by atoms with Crippen LogP contribution in [0.3, 0.4) is 0 Å². The molecule has 1 aliphatic heterocycles. The number of carbonyl (C=O) groups is 2. The van der Waals surface area contributed by atoms with Crippen LogP contribution in [0, 0.1) is 0 Å². The average molecular weight is 530 g/mol. The fourth-order valence-corrected chi connectivity index (χ4v) is 5.94. The van der Waals surface area contributed by atoms with Gasteiger partial charge in [0.15, 0.2) is 6.29 Å². The summed E-state index contributed by atoms with van der Waals surface area (Å²) in [5.74, 6) is -2.76. The van der Waals surface area contributed by atoms with Gasteiger partial charge in [0.05, 0.1) is 5.56 Å². The van der Waals surface area contributed by atoms with Gasteiger partial charge in [-0.15, -0.1) is 11.3 Å². The van der Waals surface area contributed by atoms with Gasteiger partial charge in [-0.3, -0.25) is 10.1 Å². The maximum Gasteiger partial charge on any atom is 0.320 e. The van der Waals surface area contributed by atoms with Crippen LogP contribution in [0.5, 0.6) is 0 Å². The van der Waals surface area contributed by atoms with Crippen LogP contribution in [0.15, 0.2) is 21.2 Å². The summed E-state index contributed by atoms with van der Waals surface area (Å²) in [5, 5.41) is 9.36. The second-order valence-corrected chi connectivity index (χ2v) is 10.6. The third-order valence-corrected chi connectivity index (χ3v) is 7.63. The number of unbranched alkanes of at least 4 members (excludes halogenated alkanes) is 1. The molecule has 0 bridgehead atoms. The number of carbonyl (C=O) groups excluding carboxylic acids is 2. The van der Waals surface area contributed by atoms with Gasteiger partial charge in [-0.25, -0.2) is 13.6 Å². The number of hydrogen-bond acceptors (Lipinski definition) is 4. The highest BCUT2D eigenvalue weighted by molar-refractivity contribution is 9.11. The molecular weight excluding hydrogens is 500 g/mol. The predicted octanol–water partition coefficient (Wildman–Crippen LogP) is 5.96. The molecule has 0 atom stereocenters. The van der Waals surface area contributed by atoms with Gasteiger partial charge in [-0.2, -0.15) is 0 Å². The fourth-order valence-electron chi connectivity index (χ4n) is 4.27. The number of halogens is 3. The molecule has 3 N–H and O–H groups in total. The Morgan fingerprint density at radius 1 is 1.34 bits per heavy atom. The lowest BCUT2D eigenvalue weighted by atomic mass is 9.91. The quantitative estimate of drug-likeness (QED) is 0.364. The Kier molecular flexibility index (Phi) is 8.63. The van der Waals surface area contributed by atoms with Crippen molar-refractivity contribution >= 4 is 44.6 Å². The average Bonchev–Trinajstić information content (AvgIpc) is 3.07. The number of allylic oxidation sites excluding steroid dienone is 1. The summed E-state index contributed by atoms with van der Waals surface area (Å²) >= 11 is 4.67. The van der Waals surface area contributed by atoms with E-state index in [9.17, 15) is 18.4 Å². The van der Waals surface area contributed by atoms with Crippen molar-refractivity contribution in [3.05, 3.63) is 37.2 Å². The van der Waals surface area contributed by atoms with Crippen molar-refractivity contribution in [2.45, 2.75) is 64.7 Å². The lowest BCUT2D eigenvalue weighted by molar-refractivity contribution is -0.0112. The Bertz CT molecular complexity index is 936. The van der Waals surface area contributed by atoms with Gasteiger partial charge in [0.1, 0.15) is 5.00 Å². The molecule has 9 heteroatoms. The molecule has 0 saturated heterocycles. The van der Waals surface area contributed by atoms with Gasteiger partial charge in [0.25, 0.3) is 5.92 Å². The van der Waals surface area contributed by atoms with Gasteiger partial charge >= 0.3 is 6.03 Å². The van der Waals surface area contributed by atoms with Crippen LogP contribution in [-0.2, 0) is 12.8 Å². The Hall–Kier alpha value is -1.58. The molecule has 2 heterocycles. The highest BCUT2D eigenvalue weighted by Gasteiger charge is 2.37. The van der Waals surface area contributed by atoms with E-state index in [1.807, 2.05) is 6.92 Å². The van der Waals surface area contributed by atoms with Crippen LogP contribution in [-0.4, -0.2) is 37.9 Å². The summed E-state index contributed by atoms with van der Waals surface area (Å²) in [7, 11) is 0. The normalized spacial score (nSPS) is 18.7. The molecule has 176 valence electrons. The van der Waals surface area contributed by atoms with E-state index in [0.717, 1.165) is 60.2 Å². The summed E-state index contributed by atoms with van der Waals surface area (Å²) in [4.78, 5) is 24.7. The first-order valence-corrected chi connectivity index (χ1v) is 12.7. The third kappa shape index (κ3) is 6.05. The molecule has 0 saturated carbocycles. The maximum absolute atomic E-state index is 13.8. The Morgan fingerprint density at radius 2 is 2.12 bits per heavy atom. The summed E-state index contributed by atoms with van der Waals surface area (Å²) in [6.07, 6.45) is 4.34. The topological polar surface area (TPSA) is 70.2 Å². The minimum Gasteiger partial charge on any atom is -0.334 e. The Morgan fingerprint density at radius 3 is 2.81 bits per heavy atom. The summed E-state index contributed by atoms with van der Waals surface area (Å²) in [6, 6.07) is -0.450. The summed E-state index contributed by atoms with van der Waals surface area (Å²) < 4.78 is 28.5. The van der Waals surface area contributed by atoms with Crippen molar-refractivity contribution in [3.8, 4) is 0 Å².